The summed E-state index contributed by atoms with van der Waals surface area (Å²) < 4.78 is 43.1. The SMILES string of the molecule is COc1ccc2nc(NC(=O)COC(=O)COc3ccc(N(C)S(=O)(=O)c4ccc(Cl)cc4)cc3)sc2c1. The highest BCUT2D eigenvalue weighted by Crippen LogP contribution is 2.29. The zero-order chi connectivity index (χ0) is 27.3. The maximum Gasteiger partial charge on any atom is 0.344 e. The minimum atomic E-state index is -3.78. The van der Waals surface area contributed by atoms with Gasteiger partial charge in [-0.3, -0.25) is 14.4 Å². The van der Waals surface area contributed by atoms with Crippen LogP contribution in [0.25, 0.3) is 10.2 Å². The summed E-state index contributed by atoms with van der Waals surface area (Å²) in [5.41, 5.74) is 1.09. The van der Waals surface area contributed by atoms with Gasteiger partial charge >= 0.3 is 5.97 Å². The van der Waals surface area contributed by atoms with E-state index < -0.39 is 35.1 Å². The lowest BCUT2D eigenvalue weighted by atomic mass is 10.3. The highest BCUT2D eigenvalue weighted by atomic mass is 35.5. The molecule has 0 saturated heterocycles. The van der Waals surface area contributed by atoms with Crippen LogP contribution in [0.2, 0.25) is 5.02 Å². The monoisotopic (exact) mass is 575 g/mol. The second-order valence-electron chi connectivity index (χ2n) is 7.77. The molecule has 10 nitrogen and oxygen atoms in total. The van der Waals surface area contributed by atoms with Crippen LogP contribution in [-0.4, -0.2) is 52.6 Å². The van der Waals surface area contributed by atoms with Gasteiger partial charge < -0.3 is 14.2 Å². The van der Waals surface area contributed by atoms with E-state index in [1.807, 2.05) is 6.07 Å². The Morgan fingerprint density at radius 3 is 2.37 bits per heavy atom. The van der Waals surface area contributed by atoms with E-state index >= 15 is 0 Å². The number of amides is 1. The molecule has 0 radical (unpaired) electrons. The predicted octanol–water partition coefficient (Wildman–Crippen LogP) is 4.34. The van der Waals surface area contributed by atoms with E-state index in [4.69, 9.17) is 25.8 Å². The third kappa shape index (κ3) is 6.52. The van der Waals surface area contributed by atoms with Crippen molar-refractivity contribution in [2.45, 2.75) is 4.90 Å². The predicted molar refractivity (Wildman–Crippen MR) is 145 cm³/mol. The van der Waals surface area contributed by atoms with Gasteiger partial charge in [0.05, 0.1) is 27.9 Å². The van der Waals surface area contributed by atoms with Crippen LogP contribution in [0.5, 0.6) is 11.5 Å². The zero-order valence-electron chi connectivity index (χ0n) is 20.2. The van der Waals surface area contributed by atoms with Crippen LogP contribution < -0.4 is 19.1 Å². The largest absolute Gasteiger partial charge is 0.497 e. The molecular formula is C25H22ClN3O7S2. The molecular weight excluding hydrogens is 554 g/mol. The number of aromatic nitrogens is 1. The van der Waals surface area contributed by atoms with Crippen molar-refractivity contribution in [1.29, 1.82) is 0 Å². The number of anilines is 2. The van der Waals surface area contributed by atoms with Gasteiger partial charge in [0.15, 0.2) is 18.3 Å². The van der Waals surface area contributed by atoms with Crippen LogP contribution >= 0.6 is 22.9 Å². The van der Waals surface area contributed by atoms with Crippen LogP contribution in [0, 0.1) is 0 Å². The van der Waals surface area contributed by atoms with Gasteiger partial charge in [-0.25, -0.2) is 18.2 Å². The molecule has 4 aromatic rings. The number of hydrogen-bond acceptors (Lipinski definition) is 9. The molecule has 0 unspecified atom stereocenters. The Morgan fingerprint density at radius 2 is 1.68 bits per heavy atom. The summed E-state index contributed by atoms with van der Waals surface area (Å²) in [6.45, 7) is -0.944. The lowest BCUT2D eigenvalue weighted by molar-refractivity contribution is -0.149. The molecule has 0 bridgehead atoms. The average Bonchev–Trinajstić information content (AvgIpc) is 3.32. The minimum Gasteiger partial charge on any atom is -0.497 e. The molecule has 0 aliphatic heterocycles. The van der Waals surface area contributed by atoms with E-state index in [2.05, 4.69) is 10.3 Å². The average molecular weight is 576 g/mol. The van der Waals surface area contributed by atoms with E-state index in [-0.39, 0.29) is 4.90 Å². The topological polar surface area (TPSA) is 124 Å². The number of esters is 1. The van der Waals surface area contributed by atoms with Crippen LogP contribution in [0.1, 0.15) is 0 Å². The first-order valence-corrected chi connectivity index (χ1v) is 13.7. The van der Waals surface area contributed by atoms with Crippen molar-refractivity contribution < 1.29 is 32.2 Å². The van der Waals surface area contributed by atoms with Crippen molar-refractivity contribution >= 4 is 65.9 Å². The number of halogens is 1. The third-order valence-electron chi connectivity index (χ3n) is 5.24. The number of sulfonamides is 1. The number of nitrogens with one attached hydrogen (secondary N) is 1. The van der Waals surface area contributed by atoms with Crippen molar-refractivity contribution in [2.75, 3.05) is 37.0 Å². The number of carbonyl (C=O) groups is 2. The van der Waals surface area contributed by atoms with E-state index in [1.165, 1.54) is 66.9 Å². The lowest BCUT2D eigenvalue weighted by Gasteiger charge is -2.20. The third-order valence-corrected chi connectivity index (χ3v) is 8.22. The molecule has 3 aromatic carbocycles. The highest BCUT2D eigenvalue weighted by Gasteiger charge is 2.21. The summed E-state index contributed by atoms with van der Waals surface area (Å²) in [5, 5.41) is 3.39. The van der Waals surface area contributed by atoms with Gasteiger partial charge in [-0.05, 0) is 66.7 Å². The molecule has 0 aliphatic carbocycles. The maximum absolute atomic E-state index is 12.8. The summed E-state index contributed by atoms with van der Waals surface area (Å²) in [6.07, 6.45) is 0. The van der Waals surface area contributed by atoms with Crippen molar-refractivity contribution in [3.8, 4) is 11.5 Å². The molecule has 1 heterocycles. The fraction of sp³-hybridized carbons (Fsp3) is 0.160. The van der Waals surface area contributed by atoms with Crippen molar-refractivity contribution in [1.82, 2.24) is 4.98 Å². The Labute approximate surface area is 227 Å². The quantitative estimate of drug-likeness (QED) is 0.277. The molecule has 1 aromatic heterocycles. The highest BCUT2D eigenvalue weighted by molar-refractivity contribution is 7.92. The first-order chi connectivity index (χ1) is 18.2. The number of nitrogens with zero attached hydrogens (tertiary/aromatic N) is 2. The number of hydrogen-bond donors (Lipinski definition) is 1. The smallest absolute Gasteiger partial charge is 0.344 e. The first kappa shape index (κ1) is 27.2. The van der Waals surface area contributed by atoms with Crippen LogP contribution in [0.4, 0.5) is 10.8 Å². The zero-order valence-corrected chi connectivity index (χ0v) is 22.6. The summed E-state index contributed by atoms with van der Waals surface area (Å²) in [5.74, 6) is -0.297. The number of benzene rings is 3. The molecule has 0 aliphatic rings. The first-order valence-electron chi connectivity index (χ1n) is 11.0. The van der Waals surface area contributed by atoms with Gasteiger partial charge in [-0.2, -0.15) is 0 Å². The van der Waals surface area contributed by atoms with E-state index in [0.29, 0.717) is 32.9 Å². The summed E-state index contributed by atoms with van der Waals surface area (Å²) in [7, 11) is -0.797. The van der Waals surface area contributed by atoms with Crippen molar-refractivity contribution in [2.24, 2.45) is 0 Å². The number of thiazole rings is 1. The van der Waals surface area contributed by atoms with Crippen LogP contribution in [0.3, 0.4) is 0 Å². The molecule has 198 valence electrons. The van der Waals surface area contributed by atoms with E-state index in [9.17, 15) is 18.0 Å². The van der Waals surface area contributed by atoms with Crippen LogP contribution in [-0.2, 0) is 24.3 Å². The van der Waals surface area contributed by atoms with Gasteiger partial charge in [0.1, 0.15) is 11.5 Å². The number of carbonyl (C=O) groups excluding carboxylic acids is 2. The van der Waals surface area contributed by atoms with Gasteiger partial charge in [-0.1, -0.05) is 22.9 Å². The Hall–Kier alpha value is -3.87. The fourth-order valence-corrected chi connectivity index (χ4v) is 5.46. The normalized spacial score (nSPS) is 11.1. The van der Waals surface area contributed by atoms with E-state index in [1.54, 1.807) is 19.2 Å². The van der Waals surface area contributed by atoms with Crippen molar-refractivity contribution in [3.05, 3.63) is 71.8 Å². The Morgan fingerprint density at radius 1 is 1.00 bits per heavy atom. The summed E-state index contributed by atoms with van der Waals surface area (Å²) >= 11 is 7.10. The standard InChI is InChI=1S/C25H22ClN3O7S2/c1-29(38(32,33)20-10-3-16(26)4-11-20)17-5-7-18(8-6-17)35-15-24(31)36-14-23(30)28-25-27-21-12-9-19(34-2)13-22(21)37-25/h3-13H,14-15H2,1-2H3,(H,27,28,30). The molecule has 0 atom stereocenters. The van der Waals surface area contributed by atoms with Gasteiger partial charge in [-0.15, -0.1) is 0 Å². The Kier molecular flexibility index (Phi) is 8.35. The molecule has 0 fully saturated rings. The Balaban J connectivity index is 1.25. The number of methoxy groups -OCH3 is 1. The maximum atomic E-state index is 12.8. The minimum absolute atomic E-state index is 0.0971. The van der Waals surface area contributed by atoms with E-state index in [0.717, 1.165) is 9.01 Å². The summed E-state index contributed by atoms with van der Waals surface area (Å²) in [6, 6.07) is 17.3. The molecule has 0 saturated carbocycles. The second-order valence-corrected chi connectivity index (χ2v) is 11.2. The van der Waals surface area contributed by atoms with Crippen LogP contribution in [0.15, 0.2) is 71.6 Å². The fourth-order valence-electron chi connectivity index (χ4n) is 3.23. The van der Waals surface area contributed by atoms with Gasteiger partial charge in [0.25, 0.3) is 15.9 Å². The van der Waals surface area contributed by atoms with Gasteiger partial charge in [0.2, 0.25) is 0 Å². The second kappa shape index (κ2) is 11.7. The lowest BCUT2D eigenvalue weighted by Crippen LogP contribution is -2.26. The van der Waals surface area contributed by atoms with Gasteiger partial charge in [0, 0.05) is 12.1 Å². The molecule has 38 heavy (non-hydrogen) atoms. The number of rotatable bonds is 10. The Bertz CT molecular complexity index is 1560. The molecule has 1 N–H and O–H groups in total. The molecule has 0 spiro atoms. The number of ether oxygens (including phenoxy) is 3. The van der Waals surface area contributed by atoms with Crippen molar-refractivity contribution in [3.63, 3.8) is 0 Å². The summed E-state index contributed by atoms with van der Waals surface area (Å²) in [4.78, 5) is 28.6. The molecule has 4 rings (SSSR count). The number of fused-ring (bicyclic) bond motifs is 1. The molecule has 13 heteroatoms. The molecule has 1 amide bonds.